The molecular formula is C17H24N2O2S. The van der Waals surface area contributed by atoms with E-state index in [1.54, 1.807) is 6.20 Å². The highest BCUT2D eigenvalue weighted by Crippen LogP contribution is 2.29. The van der Waals surface area contributed by atoms with E-state index in [4.69, 9.17) is 4.74 Å². The van der Waals surface area contributed by atoms with Crippen molar-refractivity contribution in [1.29, 1.82) is 0 Å². The number of likely N-dealkylation sites (tertiary alicyclic amines) is 1. The molecule has 1 aromatic rings. The summed E-state index contributed by atoms with van der Waals surface area (Å²) in [6, 6.07) is 4.24. The Hall–Kier alpha value is -1.23. The number of hydrogen-bond donors (Lipinski definition) is 0. The van der Waals surface area contributed by atoms with Crippen molar-refractivity contribution < 1.29 is 9.53 Å². The van der Waals surface area contributed by atoms with E-state index in [-0.39, 0.29) is 24.1 Å². The van der Waals surface area contributed by atoms with Gasteiger partial charge in [0.2, 0.25) is 5.88 Å². The zero-order valence-electron chi connectivity index (χ0n) is 13.3. The average Bonchev–Trinajstić information content (AvgIpc) is 3.00. The van der Waals surface area contributed by atoms with Gasteiger partial charge < -0.3 is 9.64 Å². The highest BCUT2D eigenvalue weighted by atomic mass is 32.2. The van der Waals surface area contributed by atoms with Crippen LogP contribution in [0.5, 0.6) is 5.88 Å². The number of ether oxygens (including phenoxy) is 1. The molecule has 0 N–H and O–H groups in total. The Kier molecular flexibility index (Phi) is 4.91. The first-order chi connectivity index (χ1) is 10.7. The number of nitrogens with zero attached hydrogens (tertiary/aromatic N) is 2. The minimum atomic E-state index is 0.0634. The first-order valence-electron chi connectivity index (χ1n) is 8.19. The summed E-state index contributed by atoms with van der Waals surface area (Å²) in [5.74, 6) is 2.68. The molecule has 3 rings (SSSR count). The molecule has 0 bridgehead atoms. The number of rotatable bonds is 3. The summed E-state index contributed by atoms with van der Waals surface area (Å²) < 4.78 is 6.01. The molecular weight excluding hydrogens is 296 g/mol. The summed E-state index contributed by atoms with van der Waals surface area (Å²) in [5.41, 5.74) is 0.611. The van der Waals surface area contributed by atoms with E-state index >= 15 is 0 Å². The Bertz CT molecular complexity index is 521. The van der Waals surface area contributed by atoms with E-state index in [0.29, 0.717) is 11.4 Å². The van der Waals surface area contributed by atoms with Gasteiger partial charge in [-0.1, -0.05) is 0 Å². The molecule has 3 heterocycles. The number of carbonyl (C=O) groups excluding carboxylic acids is 1. The van der Waals surface area contributed by atoms with Gasteiger partial charge in [-0.25, -0.2) is 4.98 Å². The van der Waals surface area contributed by atoms with Crippen LogP contribution in [0, 0.1) is 0 Å². The molecule has 22 heavy (non-hydrogen) atoms. The van der Waals surface area contributed by atoms with Crippen molar-refractivity contribution in [2.75, 3.05) is 11.5 Å². The van der Waals surface area contributed by atoms with Crippen molar-refractivity contribution in [3.05, 3.63) is 23.9 Å². The van der Waals surface area contributed by atoms with E-state index in [2.05, 4.69) is 18.8 Å². The molecule has 4 nitrogen and oxygen atoms in total. The van der Waals surface area contributed by atoms with Crippen LogP contribution in [0.1, 0.15) is 49.9 Å². The maximum absolute atomic E-state index is 13.0. The van der Waals surface area contributed by atoms with Crippen molar-refractivity contribution >= 4 is 17.7 Å². The lowest BCUT2D eigenvalue weighted by Crippen LogP contribution is -2.47. The molecule has 3 atom stereocenters. The van der Waals surface area contributed by atoms with Crippen molar-refractivity contribution in [3.63, 3.8) is 0 Å². The summed E-state index contributed by atoms with van der Waals surface area (Å²) in [4.78, 5) is 19.4. The van der Waals surface area contributed by atoms with Gasteiger partial charge in [0.1, 0.15) is 11.7 Å². The maximum Gasteiger partial charge on any atom is 0.259 e. The van der Waals surface area contributed by atoms with E-state index in [1.165, 1.54) is 6.42 Å². The number of pyridine rings is 1. The van der Waals surface area contributed by atoms with Gasteiger partial charge in [0.15, 0.2) is 0 Å². The normalized spacial score (nSPS) is 28.6. The fourth-order valence-corrected chi connectivity index (χ4v) is 4.47. The first kappa shape index (κ1) is 15.7. The molecule has 2 saturated heterocycles. The van der Waals surface area contributed by atoms with Gasteiger partial charge in [-0.3, -0.25) is 4.79 Å². The minimum Gasteiger partial charge on any atom is -0.473 e. The predicted octanol–water partition coefficient (Wildman–Crippen LogP) is 3.37. The van der Waals surface area contributed by atoms with Crippen LogP contribution >= 0.6 is 11.8 Å². The molecule has 0 spiro atoms. The van der Waals surface area contributed by atoms with Crippen LogP contribution in [0.25, 0.3) is 0 Å². The maximum atomic E-state index is 13.0. The van der Waals surface area contributed by atoms with Gasteiger partial charge in [0, 0.05) is 24.0 Å². The lowest BCUT2D eigenvalue weighted by molar-refractivity contribution is 0.0503. The quantitative estimate of drug-likeness (QED) is 0.856. The van der Waals surface area contributed by atoms with Crippen LogP contribution in [0.2, 0.25) is 0 Å². The average molecular weight is 320 g/mol. The van der Waals surface area contributed by atoms with Gasteiger partial charge >= 0.3 is 0 Å². The van der Waals surface area contributed by atoms with Gasteiger partial charge in [-0.15, -0.1) is 0 Å². The van der Waals surface area contributed by atoms with Gasteiger partial charge in [0.05, 0.1) is 0 Å². The molecule has 0 aliphatic carbocycles. The third-order valence-electron chi connectivity index (χ3n) is 4.60. The number of thioether (sulfide) groups is 1. The van der Waals surface area contributed by atoms with Crippen LogP contribution in [0.15, 0.2) is 18.3 Å². The second-order valence-electron chi connectivity index (χ2n) is 6.30. The second kappa shape index (κ2) is 6.90. The van der Waals surface area contributed by atoms with E-state index < -0.39 is 0 Å². The largest absolute Gasteiger partial charge is 0.473 e. The van der Waals surface area contributed by atoms with Crippen LogP contribution in [0.4, 0.5) is 0 Å². The molecule has 2 aliphatic rings. The third kappa shape index (κ3) is 3.24. The summed E-state index contributed by atoms with van der Waals surface area (Å²) in [6.07, 6.45) is 6.27. The summed E-state index contributed by atoms with van der Waals surface area (Å²) in [6.45, 7) is 4.27. The zero-order valence-corrected chi connectivity index (χ0v) is 14.1. The Morgan fingerprint density at radius 1 is 1.32 bits per heavy atom. The predicted molar refractivity (Wildman–Crippen MR) is 89.5 cm³/mol. The molecule has 3 unspecified atom stereocenters. The molecule has 1 aromatic heterocycles. The van der Waals surface area contributed by atoms with Crippen molar-refractivity contribution in [3.8, 4) is 5.88 Å². The highest BCUT2D eigenvalue weighted by molar-refractivity contribution is 7.99. The van der Waals surface area contributed by atoms with E-state index in [0.717, 1.165) is 30.8 Å². The summed E-state index contributed by atoms with van der Waals surface area (Å²) in [5, 5.41) is 0. The molecule has 2 fully saturated rings. The zero-order chi connectivity index (χ0) is 15.5. The lowest BCUT2D eigenvalue weighted by atomic mass is 9.96. The fourth-order valence-electron chi connectivity index (χ4n) is 3.37. The first-order valence-corrected chi connectivity index (χ1v) is 9.34. The van der Waals surface area contributed by atoms with Crippen molar-refractivity contribution in [2.45, 2.75) is 57.7 Å². The number of hydrogen-bond acceptors (Lipinski definition) is 4. The van der Waals surface area contributed by atoms with Crippen molar-refractivity contribution in [2.24, 2.45) is 0 Å². The van der Waals surface area contributed by atoms with Crippen LogP contribution in [-0.4, -0.2) is 45.5 Å². The highest BCUT2D eigenvalue weighted by Gasteiger charge is 2.32. The van der Waals surface area contributed by atoms with Gasteiger partial charge in [-0.2, -0.15) is 11.8 Å². The molecule has 2 aliphatic heterocycles. The Labute approximate surface area is 136 Å². The van der Waals surface area contributed by atoms with E-state index in [9.17, 15) is 4.79 Å². The van der Waals surface area contributed by atoms with Gasteiger partial charge in [0.25, 0.3) is 5.91 Å². The Morgan fingerprint density at radius 2 is 2.09 bits per heavy atom. The third-order valence-corrected chi connectivity index (χ3v) is 5.73. The molecule has 120 valence electrons. The summed E-state index contributed by atoms with van der Waals surface area (Å²) >= 11 is 1.90. The molecule has 0 saturated carbocycles. The topological polar surface area (TPSA) is 42.4 Å². The van der Waals surface area contributed by atoms with Crippen LogP contribution in [-0.2, 0) is 0 Å². The fraction of sp³-hybridized carbons (Fsp3) is 0.647. The monoisotopic (exact) mass is 320 g/mol. The number of piperidine rings is 1. The minimum absolute atomic E-state index is 0.0634. The Balaban J connectivity index is 1.82. The molecule has 0 radical (unpaired) electrons. The van der Waals surface area contributed by atoms with Crippen LogP contribution < -0.4 is 4.74 Å². The number of carbonyl (C=O) groups is 1. The second-order valence-corrected chi connectivity index (χ2v) is 7.45. The smallest absolute Gasteiger partial charge is 0.259 e. The number of aromatic nitrogens is 1. The SMILES string of the molecule is CC1CCCC(C)N1C(=O)c1cccnc1OC1CCSC1. The van der Waals surface area contributed by atoms with Crippen molar-refractivity contribution in [1.82, 2.24) is 9.88 Å². The summed E-state index contributed by atoms with van der Waals surface area (Å²) in [7, 11) is 0. The molecule has 0 aromatic carbocycles. The van der Waals surface area contributed by atoms with Gasteiger partial charge in [-0.05, 0) is 57.4 Å². The Morgan fingerprint density at radius 3 is 2.77 bits per heavy atom. The lowest BCUT2D eigenvalue weighted by Gasteiger charge is -2.39. The molecule has 1 amide bonds. The van der Waals surface area contributed by atoms with E-state index in [1.807, 2.05) is 28.8 Å². The standard InChI is InChI=1S/C17H24N2O2S/c1-12-5-3-6-13(2)19(12)17(20)15-7-4-9-18-16(15)21-14-8-10-22-11-14/h4,7,9,12-14H,3,5-6,8,10-11H2,1-2H3. The molecule has 5 heteroatoms. The number of amides is 1. The van der Waals surface area contributed by atoms with Crippen LogP contribution in [0.3, 0.4) is 0 Å².